The van der Waals surface area contributed by atoms with Crippen molar-refractivity contribution in [2.75, 3.05) is 13.1 Å². The molecule has 3 heterocycles. The van der Waals surface area contributed by atoms with Gasteiger partial charge in [-0.05, 0) is 24.5 Å². The molecule has 0 radical (unpaired) electrons. The zero-order valence-electron chi connectivity index (χ0n) is 13.8. The first-order valence-electron chi connectivity index (χ1n) is 8.59. The van der Waals surface area contributed by atoms with Crippen molar-refractivity contribution in [1.29, 1.82) is 0 Å². The number of amides is 2. The fourth-order valence-corrected chi connectivity index (χ4v) is 4.09. The minimum absolute atomic E-state index is 0.218. The normalized spacial score (nSPS) is 21.5. The summed E-state index contributed by atoms with van der Waals surface area (Å²) in [4.78, 5) is 30.9. The number of fused-ring (bicyclic) bond motifs is 3. The van der Waals surface area contributed by atoms with Crippen LogP contribution in [0, 0.1) is 11.2 Å². The fraction of sp³-hybridized carbons (Fsp3) is 0.444. The van der Waals surface area contributed by atoms with E-state index < -0.39 is 23.6 Å². The number of benzene rings is 1. The van der Waals surface area contributed by atoms with Crippen LogP contribution in [0.15, 0.2) is 18.3 Å². The van der Waals surface area contributed by atoms with Gasteiger partial charge in [-0.2, -0.15) is 0 Å². The van der Waals surface area contributed by atoms with E-state index in [1.807, 2.05) is 0 Å². The van der Waals surface area contributed by atoms with E-state index in [9.17, 15) is 22.8 Å². The summed E-state index contributed by atoms with van der Waals surface area (Å²) in [6.45, 7) is 0.860. The first-order valence-corrected chi connectivity index (χ1v) is 8.59. The van der Waals surface area contributed by atoms with Gasteiger partial charge in [-0.25, -0.2) is 13.2 Å². The summed E-state index contributed by atoms with van der Waals surface area (Å²) in [5.74, 6) is -1.24. The number of carbonyl (C=O) groups is 2. The molecule has 1 saturated carbocycles. The van der Waals surface area contributed by atoms with Gasteiger partial charge in [0, 0.05) is 36.7 Å². The molecule has 0 spiro atoms. The van der Waals surface area contributed by atoms with Crippen molar-refractivity contribution in [2.24, 2.45) is 5.41 Å². The quantitative estimate of drug-likeness (QED) is 0.911. The second kappa shape index (κ2) is 5.02. The number of hydrogen-bond donors (Lipinski definition) is 1. The molecule has 1 aromatic heterocycles. The number of H-pyrrole nitrogens is 1. The largest absolute Gasteiger partial charge is 0.359 e. The number of aromatic nitrogens is 1. The van der Waals surface area contributed by atoms with Gasteiger partial charge in [0.25, 0.3) is 12.3 Å². The van der Waals surface area contributed by atoms with Crippen molar-refractivity contribution in [3.05, 3.63) is 35.3 Å². The van der Waals surface area contributed by atoms with Crippen molar-refractivity contribution in [1.82, 2.24) is 14.8 Å². The van der Waals surface area contributed by atoms with Gasteiger partial charge < -0.3 is 14.8 Å². The molecule has 8 heteroatoms. The minimum Gasteiger partial charge on any atom is -0.359 e. The van der Waals surface area contributed by atoms with Gasteiger partial charge in [-0.15, -0.1) is 0 Å². The predicted molar refractivity (Wildman–Crippen MR) is 86.2 cm³/mol. The van der Waals surface area contributed by atoms with Crippen LogP contribution in [0.1, 0.15) is 28.8 Å². The molecule has 26 heavy (non-hydrogen) atoms. The van der Waals surface area contributed by atoms with Crippen molar-refractivity contribution in [3.8, 4) is 0 Å². The van der Waals surface area contributed by atoms with Crippen LogP contribution in [0.25, 0.3) is 10.9 Å². The van der Waals surface area contributed by atoms with E-state index >= 15 is 0 Å². The molecular weight excluding hydrogens is 347 g/mol. The summed E-state index contributed by atoms with van der Waals surface area (Å²) in [5.41, 5.74) is 0.173. The summed E-state index contributed by atoms with van der Waals surface area (Å²) < 4.78 is 40.2. The molecule has 1 aromatic carbocycles. The van der Waals surface area contributed by atoms with Crippen LogP contribution in [-0.4, -0.2) is 52.2 Å². The van der Waals surface area contributed by atoms with Crippen LogP contribution < -0.4 is 0 Å². The number of aromatic amines is 1. The van der Waals surface area contributed by atoms with Crippen molar-refractivity contribution >= 4 is 22.7 Å². The lowest BCUT2D eigenvalue weighted by molar-refractivity contribution is -0.150. The van der Waals surface area contributed by atoms with Crippen LogP contribution >= 0.6 is 0 Å². The lowest BCUT2D eigenvalue weighted by atomic mass is 10.00. The number of hydrogen-bond acceptors (Lipinski definition) is 2. The molecule has 2 aromatic rings. The van der Waals surface area contributed by atoms with Crippen LogP contribution in [-0.2, 0) is 11.3 Å². The monoisotopic (exact) mass is 363 g/mol. The maximum Gasteiger partial charge on any atom is 0.255 e. The molecular formula is C18H16F3N3O2. The molecule has 0 atom stereocenters. The minimum atomic E-state index is -2.64. The number of likely N-dealkylation sites (tertiary alicyclic amines) is 1. The highest BCUT2D eigenvalue weighted by molar-refractivity contribution is 6.10. The standard InChI is InChI=1S/C18H16F3N3O2/c19-11-5-22-12-2-1-9-6-24(15(25)13(9)14(11)12)10-7-23(8-10)17(26)18(3-4-18)16(20)21/h1-2,5,10,16,22H,3-4,6-8H2. The first kappa shape index (κ1) is 15.7. The molecule has 5 rings (SSSR count). The first-order chi connectivity index (χ1) is 12.4. The number of nitrogens with zero attached hydrogens (tertiary/aromatic N) is 2. The smallest absolute Gasteiger partial charge is 0.255 e. The Hall–Kier alpha value is -2.51. The Morgan fingerprint density at radius 2 is 2.00 bits per heavy atom. The van der Waals surface area contributed by atoms with Gasteiger partial charge in [0.1, 0.15) is 11.2 Å². The topological polar surface area (TPSA) is 56.4 Å². The highest BCUT2D eigenvalue weighted by Crippen LogP contribution is 2.52. The van der Waals surface area contributed by atoms with E-state index in [0.717, 1.165) is 5.56 Å². The fourth-order valence-electron chi connectivity index (χ4n) is 4.09. The third-order valence-electron chi connectivity index (χ3n) is 5.92. The van der Waals surface area contributed by atoms with Crippen molar-refractivity contribution < 1.29 is 22.8 Å². The third-order valence-corrected chi connectivity index (χ3v) is 5.92. The van der Waals surface area contributed by atoms with Gasteiger partial charge in [0.2, 0.25) is 5.91 Å². The van der Waals surface area contributed by atoms with Crippen LogP contribution in [0.5, 0.6) is 0 Å². The Morgan fingerprint density at radius 1 is 1.27 bits per heavy atom. The Labute approximate surface area is 146 Å². The second-order valence-corrected chi connectivity index (χ2v) is 7.41. The number of nitrogens with one attached hydrogen (secondary N) is 1. The molecule has 0 unspecified atom stereocenters. The summed E-state index contributed by atoms with van der Waals surface area (Å²) in [5, 5.41) is 0.289. The number of alkyl halides is 2. The second-order valence-electron chi connectivity index (χ2n) is 7.41. The summed E-state index contributed by atoms with van der Waals surface area (Å²) in [7, 11) is 0. The lowest BCUT2D eigenvalue weighted by Gasteiger charge is -2.45. The molecule has 2 amide bonds. The summed E-state index contributed by atoms with van der Waals surface area (Å²) in [6.07, 6.45) is -0.964. The molecule has 1 N–H and O–H groups in total. The van der Waals surface area contributed by atoms with Gasteiger partial charge >= 0.3 is 0 Å². The molecule has 1 saturated heterocycles. The Balaban J connectivity index is 1.34. The molecule has 0 bridgehead atoms. The van der Waals surface area contributed by atoms with E-state index in [1.165, 1.54) is 11.1 Å². The zero-order chi connectivity index (χ0) is 18.2. The van der Waals surface area contributed by atoms with E-state index in [-0.39, 0.29) is 43.3 Å². The molecule has 136 valence electrons. The van der Waals surface area contributed by atoms with E-state index in [4.69, 9.17) is 0 Å². The summed E-state index contributed by atoms with van der Waals surface area (Å²) in [6, 6.07) is 3.32. The van der Waals surface area contributed by atoms with E-state index in [0.29, 0.717) is 17.6 Å². The molecule has 3 aliphatic rings. The van der Waals surface area contributed by atoms with E-state index in [2.05, 4.69) is 4.98 Å². The number of halogens is 3. The van der Waals surface area contributed by atoms with Gasteiger partial charge in [-0.3, -0.25) is 9.59 Å². The SMILES string of the molecule is O=C1c2c(ccc3[nH]cc(F)c23)CN1C1CN(C(=O)C2(C(F)F)CC2)C1. The van der Waals surface area contributed by atoms with Gasteiger partial charge in [0.15, 0.2) is 0 Å². The van der Waals surface area contributed by atoms with E-state index in [1.54, 1.807) is 17.0 Å². The molecule has 5 nitrogen and oxygen atoms in total. The zero-order valence-corrected chi connectivity index (χ0v) is 13.8. The number of rotatable bonds is 3. The van der Waals surface area contributed by atoms with Gasteiger partial charge in [-0.1, -0.05) is 6.07 Å². The molecule has 1 aliphatic carbocycles. The van der Waals surface area contributed by atoms with Crippen LogP contribution in [0.4, 0.5) is 13.2 Å². The molecule has 2 fully saturated rings. The van der Waals surface area contributed by atoms with Crippen molar-refractivity contribution in [3.63, 3.8) is 0 Å². The summed E-state index contributed by atoms with van der Waals surface area (Å²) >= 11 is 0. The number of carbonyl (C=O) groups excluding carboxylic acids is 2. The average molecular weight is 363 g/mol. The van der Waals surface area contributed by atoms with Gasteiger partial charge in [0.05, 0.1) is 11.6 Å². The highest BCUT2D eigenvalue weighted by Gasteiger charge is 2.60. The van der Waals surface area contributed by atoms with Crippen LogP contribution in [0.3, 0.4) is 0 Å². The average Bonchev–Trinajstić information content (AvgIpc) is 3.23. The Morgan fingerprint density at radius 3 is 2.65 bits per heavy atom. The Kier molecular flexibility index (Phi) is 3.04. The van der Waals surface area contributed by atoms with Crippen molar-refractivity contribution in [2.45, 2.75) is 31.9 Å². The Bertz CT molecular complexity index is 945. The molecule has 2 aliphatic heterocycles. The highest BCUT2D eigenvalue weighted by atomic mass is 19.3. The maximum absolute atomic E-state index is 14.1. The van der Waals surface area contributed by atoms with Crippen LogP contribution in [0.2, 0.25) is 0 Å². The lowest BCUT2D eigenvalue weighted by Crippen LogP contribution is -2.62. The predicted octanol–water partition coefficient (Wildman–Crippen LogP) is 2.52. The third kappa shape index (κ3) is 1.92. The maximum atomic E-state index is 14.1.